The summed E-state index contributed by atoms with van der Waals surface area (Å²) in [5, 5.41) is 16.2. The van der Waals surface area contributed by atoms with Crippen LogP contribution in [-0.4, -0.2) is 27.5 Å². The molecule has 4 aromatic rings. The number of nitrogens with two attached hydrogens (primary N) is 1. The average molecular weight is 363 g/mol. The number of fused-ring (bicyclic) bond motifs is 1. The van der Waals surface area contributed by atoms with Crippen molar-refractivity contribution < 1.29 is 9.15 Å². The second-order valence-corrected chi connectivity index (χ2v) is 6.64. The van der Waals surface area contributed by atoms with Crippen LogP contribution in [0.2, 0.25) is 0 Å². The normalized spacial score (nSPS) is 12.4. The van der Waals surface area contributed by atoms with Gasteiger partial charge in [0.05, 0.1) is 19.0 Å². The van der Waals surface area contributed by atoms with Crippen LogP contribution in [0.25, 0.3) is 10.9 Å². The average Bonchev–Trinajstić information content (AvgIpc) is 3.28. The highest BCUT2D eigenvalue weighted by Gasteiger charge is 2.14. The van der Waals surface area contributed by atoms with Crippen LogP contribution < -0.4 is 10.5 Å². The molecule has 7 heteroatoms. The van der Waals surface area contributed by atoms with E-state index in [9.17, 15) is 0 Å². The molecule has 4 rings (SSSR count). The summed E-state index contributed by atoms with van der Waals surface area (Å²) < 4.78 is 11.1. The fraction of sp³-hybridized carbons (Fsp3) is 0.250. The van der Waals surface area contributed by atoms with E-state index >= 15 is 0 Å². The zero-order chi connectivity index (χ0) is 18.8. The van der Waals surface area contributed by atoms with Gasteiger partial charge >= 0.3 is 0 Å². The minimum absolute atomic E-state index is 0.246. The molecule has 7 nitrogen and oxygen atoms in total. The van der Waals surface area contributed by atoms with Crippen molar-refractivity contribution in [2.24, 2.45) is 0 Å². The van der Waals surface area contributed by atoms with E-state index in [1.165, 1.54) is 5.56 Å². The molecule has 1 atom stereocenters. The maximum Gasteiger partial charge on any atom is 0.220 e. The first-order valence-electron chi connectivity index (χ1n) is 8.80. The summed E-state index contributed by atoms with van der Waals surface area (Å²) in [7, 11) is 1.67. The van der Waals surface area contributed by atoms with E-state index in [0.29, 0.717) is 30.4 Å². The number of nitrogens with one attached hydrogen (secondary N) is 1. The van der Waals surface area contributed by atoms with E-state index in [4.69, 9.17) is 14.9 Å². The van der Waals surface area contributed by atoms with Crippen LogP contribution in [0.5, 0.6) is 5.75 Å². The van der Waals surface area contributed by atoms with E-state index in [0.717, 1.165) is 22.2 Å². The summed E-state index contributed by atoms with van der Waals surface area (Å²) in [6.45, 7) is 2.13. The Morgan fingerprint density at radius 1 is 1.15 bits per heavy atom. The Bertz CT molecular complexity index is 1070. The van der Waals surface area contributed by atoms with Crippen LogP contribution in [-0.2, 0) is 12.8 Å². The molecule has 0 amide bonds. The Balaban J connectivity index is 1.46. The molecule has 0 bridgehead atoms. The fourth-order valence-corrected chi connectivity index (χ4v) is 3.14. The van der Waals surface area contributed by atoms with Gasteiger partial charge in [-0.25, -0.2) is 0 Å². The highest BCUT2D eigenvalue weighted by molar-refractivity contribution is 5.89. The van der Waals surface area contributed by atoms with Gasteiger partial charge in [0.15, 0.2) is 5.82 Å². The molecule has 0 saturated heterocycles. The van der Waals surface area contributed by atoms with Crippen molar-refractivity contribution in [2.45, 2.75) is 25.7 Å². The van der Waals surface area contributed by atoms with Crippen molar-refractivity contribution in [1.29, 1.82) is 0 Å². The molecule has 2 heterocycles. The van der Waals surface area contributed by atoms with Gasteiger partial charge in [-0.05, 0) is 41.3 Å². The summed E-state index contributed by atoms with van der Waals surface area (Å²) in [4.78, 5) is 0. The number of aromatic nitrogens is 4. The van der Waals surface area contributed by atoms with Gasteiger partial charge in [-0.15, -0.1) is 10.2 Å². The number of aromatic amines is 1. The third-order valence-electron chi connectivity index (χ3n) is 4.66. The number of hydrogen-bond acceptors (Lipinski definition) is 6. The number of benzene rings is 2. The number of rotatable bonds is 6. The molecule has 0 aliphatic heterocycles. The Labute approximate surface area is 156 Å². The fourth-order valence-electron chi connectivity index (χ4n) is 3.14. The Morgan fingerprint density at radius 3 is 2.85 bits per heavy atom. The molecule has 27 heavy (non-hydrogen) atoms. The van der Waals surface area contributed by atoms with Crippen molar-refractivity contribution in [1.82, 2.24) is 20.4 Å². The van der Waals surface area contributed by atoms with Crippen LogP contribution in [0.15, 0.2) is 46.9 Å². The second-order valence-electron chi connectivity index (χ2n) is 6.64. The van der Waals surface area contributed by atoms with Crippen molar-refractivity contribution in [3.05, 3.63) is 65.4 Å². The summed E-state index contributed by atoms with van der Waals surface area (Å²) >= 11 is 0. The van der Waals surface area contributed by atoms with E-state index in [1.807, 2.05) is 36.4 Å². The van der Waals surface area contributed by atoms with Gasteiger partial charge < -0.3 is 14.9 Å². The van der Waals surface area contributed by atoms with Gasteiger partial charge in [0.25, 0.3) is 0 Å². The molecular formula is C20H21N5O2. The first-order chi connectivity index (χ1) is 13.1. The van der Waals surface area contributed by atoms with Crippen molar-refractivity contribution in [3.8, 4) is 5.75 Å². The van der Waals surface area contributed by atoms with Gasteiger partial charge in [-0.3, -0.25) is 5.10 Å². The molecular weight excluding hydrogens is 342 g/mol. The van der Waals surface area contributed by atoms with Crippen LogP contribution in [0, 0.1) is 0 Å². The molecule has 2 aromatic carbocycles. The lowest BCUT2D eigenvalue weighted by atomic mass is 9.98. The molecule has 138 valence electrons. The van der Waals surface area contributed by atoms with Gasteiger partial charge in [-0.1, -0.05) is 25.1 Å². The quantitative estimate of drug-likeness (QED) is 0.544. The van der Waals surface area contributed by atoms with Gasteiger partial charge in [0.1, 0.15) is 5.75 Å². The maximum atomic E-state index is 5.87. The predicted molar refractivity (Wildman–Crippen MR) is 103 cm³/mol. The Kier molecular flexibility index (Phi) is 4.50. The van der Waals surface area contributed by atoms with Gasteiger partial charge in [0, 0.05) is 11.8 Å². The number of anilines is 1. The molecule has 0 fully saturated rings. The number of methoxy groups -OCH3 is 1. The maximum absolute atomic E-state index is 5.87. The summed E-state index contributed by atoms with van der Waals surface area (Å²) in [5.41, 5.74) is 9.01. The minimum Gasteiger partial charge on any atom is -0.497 e. The lowest BCUT2D eigenvalue weighted by Gasteiger charge is -2.10. The van der Waals surface area contributed by atoms with Crippen molar-refractivity contribution >= 4 is 16.7 Å². The molecule has 0 spiro atoms. The zero-order valence-corrected chi connectivity index (χ0v) is 15.3. The van der Waals surface area contributed by atoms with Crippen LogP contribution in [0.1, 0.15) is 35.7 Å². The highest BCUT2D eigenvalue weighted by atomic mass is 16.5. The third kappa shape index (κ3) is 3.62. The molecule has 0 aliphatic carbocycles. The number of H-pyrrole nitrogens is 1. The second kappa shape index (κ2) is 7.11. The van der Waals surface area contributed by atoms with Crippen LogP contribution >= 0.6 is 0 Å². The monoisotopic (exact) mass is 363 g/mol. The van der Waals surface area contributed by atoms with Crippen molar-refractivity contribution in [2.75, 3.05) is 12.8 Å². The highest BCUT2D eigenvalue weighted by Crippen LogP contribution is 2.24. The van der Waals surface area contributed by atoms with Gasteiger partial charge in [-0.2, -0.15) is 5.10 Å². The van der Waals surface area contributed by atoms with E-state index < -0.39 is 0 Å². The number of hydrogen-bond donors (Lipinski definition) is 2. The number of nitrogens with zero attached hydrogens (tertiary/aromatic N) is 3. The van der Waals surface area contributed by atoms with Crippen molar-refractivity contribution in [3.63, 3.8) is 0 Å². The Morgan fingerprint density at radius 2 is 2.00 bits per heavy atom. The third-order valence-corrected chi connectivity index (χ3v) is 4.66. The van der Waals surface area contributed by atoms with Gasteiger partial charge in [0.2, 0.25) is 11.8 Å². The molecule has 0 saturated carbocycles. The molecule has 0 radical (unpaired) electrons. The smallest absolute Gasteiger partial charge is 0.220 e. The largest absolute Gasteiger partial charge is 0.497 e. The van der Waals surface area contributed by atoms with E-state index in [2.05, 4.69) is 33.4 Å². The summed E-state index contributed by atoms with van der Waals surface area (Å²) in [6.07, 6.45) is 1.23. The molecule has 0 aliphatic rings. The topological polar surface area (TPSA) is 103 Å². The summed E-state index contributed by atoms with van der Waals surface area (Å²) in [6, 6.07) is 14.0. The number of ether oxygens (including phenoxy) is 1. The SMILES string of the molecule is COc1cccc([C@@H](C)Cc2nnc(Cc3ccc4[nH]nc(N)c4c3)o2)c1. The lowest BCUT2D eigenvalue weighted by Crippen LogP contribution is -1.99. The van der Waals surface area contributed by atoms with E-state index in [-0.39, 0.29) is 5.92 Å². The van der Waals surface area contributed by atoms with Crippen LogP contribution in [0.4, 0.5) is 5.82 Å². The van der Waals surface area contributed by atoms with E-state index in [1.54, 1.807) is 7.11 Å². The summed E-state index contributed by atoms with van der Waals surface area (Å²) in [5.74, 6) is 2.80. The lowest BCUT2D eigenvalue weighted by molar-refractivity contribution is 0.413. The Hall–Kier alpha value is -3.35. The molecule has 0 unspecified atom stereocenters. The van der Waals surface area contributed by atoms with Crippen LogP contribution in [0.3, 0.4) is 0 Å². The first kappa shape index (κ1) is 17.1. The number of nitrogen functional groups attached to an aromatic ring is 1. The first-order valence-corrected chi connectivity index (χ1v) is 8.80. The molecule has 2 aromatic heterocycles. The minimum atomic E-state index is 0.246. The standard InChI is InChI=1S/C20H21N5O2/c1-12(14-4-3-5-15(11-14)26-2)8-18-23-24-19(27-18)10-13-6-7-17-16(9-13)20(21)25-22-17/h3-7,9,11-12H,8,10H2,1-2H3,(H3,21,22,25)/t12-/m0/s1. The molecule has 3 N–H and O–H groups in total. The predicted octanol–water partition coefficient (Wildman–Crippen LogP) is 3.47. The zero-order valence-electron chi connectivity index (χ0n) is 15.3.